The second kappa shape index (κ2) is 3.64. The first-order chi connectivity index (χ1) is 6.25. The molecule has 1 aromatic rings. The number of nitrogens with two attached hydrogens (primary N) is 1. The van der Waals surface area contributed by atoms with E-state index in [1.165, 1.54) is 12.8 Å². The van der Waals surface area contributed by atoms with Crippen molar-refractivity contribution in [1.82, 2.24) is 4.98 Å². The van der Waals surface area contributed by atoms with Crippen molar-refractivity contribution in [3.05, 3.63) is 29.0 Å². The largest absolute Gasteiger partial charge is 0.324 e. The topological polar surface area (TPSA) is 38.9 Å². The van der Waals surface area contributed by atoms with Crippen LogP contribution in [0.2, 0.25) is 5.15 Å². The van der Waals surface area contributed by atoms with Crippen LogP contribution in [0.1, 0.15) is 30.9 Å². The van der Waals surface area contributed by atoms with Gasteiger partial charge in [0.1, 0.15) is 5.15 Å². The fourth-order valence-electron chi connectivity index (χ4n) is 1.50. The van der Waals surface area contributed by atoms with Gasteiger partial charge in [0.25, 0.3) is 0 Å². The normalized spacial score (nSPS) is 18.6. The minimum Gasteiger partial charge on any atom is -0.324 e. The van der Waals surface area contributed by atoms with E-state index in [1.54, 1.807) is 6.20 Å². The number of halogens is 1. The van der Waals surface area contributed by atoms with Crippen LogP contribution in [-0.4, -0.2) is 4.98 Å². The second-order valence-electron chi connectivity index (χ2n) is 3.70. The van der Waals surface area contributed by atoms with Gasteiger partial charge in [-0.25, -0.2) is 4.98 Å². The predicted octanol–water partition coefficient (Wildman–Crippen LogP) is 2.53. The maximum Gasteiger partial charge on any atom is 0.129 e. The van der Waals surface area contributed by atoms with Crippen molar-refractivity contribution in [3.63, 3.8) is 0 Å². The van der Waals surface area contributed by atoms with Crippen LogP contribution >= 0.6 is 11.6 Å². The lowest BCUT2D eigenvalue weighted by molar-refractivity contribution is 0.596. The summed E-state index contributed by atoms with van der Waals surface area (Å²) in [6.45, 7) is 0. The minimum atomic E-state index is 0.132. The summed E-state index contributed by atoms with van der Waals surface area (Å²) in [7, 11) is 0. The highest BCUT2D eigenvalue weighted by Gasteiger charge is 2.24. The standard InChI is InChI=1S/C10H13ClN2/c11-10-6-8(3-4-13-10)9(12)5-7-1-2-7/h3-4,6-7,9H,1-2,5,12H2/t9-/m0/s1. The molecule has 1 saturated carbocycles. The SMILES string of the molecule is N[C@@H](CC1CC1)c1ccnc(Cl)c1. The summed E-state index contributed by atoms with van der Waals surface area (Å²) in [5.74, 6) is 0.849. The van der Waals surface area contributed by atoms with Crippen molar-refractivity contribution >= 4 is 11.6 Å². The van der Waals surface area contributed by atoms with Gasteiger partial charge in [-0.05, 0) is 30.0 Å². The Morgan fingerprint density at radius 3 is 3.00 bits per heavy atom. The lowest BCUT2D eigenvalue weighted by Crippen LogP contribution is -2.10. The number of nitrogens with zero attached hydrogens (tertiary/aromatic N) is 1. The third kappa shape index (κ3) is 2.42. The van der Waals surface area contributed by atoms with E-state index in [2.05, 4.69) is 4.98 Å². The highest BCUT2D eigenvalue weighted by Crippen LogP contribution is 2.36. The second-order valence-corrected chi connectivity index (χ2v) is 4.08. The van der Waals surface area contributed by atoms with Gasteiger partial charge in [-0.15, -0.1) is 0 Å². The molecule has 2 rings (SSSR count). The van der Waals surface area contributed by atoms with Crippen LogP contribution in [0.25, 0.3) is 0 Å². The molecule has 1 heterocycles. The summed E-state index contributed by atoms with van der Waals surface area (Å²) >= 11 is 5.77. The maximum atomic E-state index is 6.02. The smallest absolute Gasteiger partial charge is 0.129 e. The molecular weight excluding hydrogens is 184 g/mol. The molecule has 0 aliphatic heterocycles. The zero-order valence-electron chi connectivity index (χ0n) is 7.41. The summed E-state index contributed by atoms with van der Waals surface area (Å²) < 4.78 is 0. The average molecular weight is 197 g/mol. The predicted molar refractivity (Wildman–Crippen MR) is 53.5 cm³/mol. The quantitative estimate of drug-likeness (QED) is 0.755. The molecule has 2 N–H and O–H groups in total. The van der Waals surface area contributed by atoms with Gasteiger partial charge in [0, 0.05) is 12.2 Å². The number of aromatic nitrogens is 1. The van der Waals surface area contributed by atoms with Crippen LogP contribution < -0.4 is 5.73 Å². The summed E-state index contributed by atoms with van der Waals surface area (Å²) in [5.41, 5.74) is 7.12. The molecule has 1 aliphatic carbocycles. The Hall–Kier alpha value is -0.600. The highest BCUT2D eigenvalue weighted by atomic mass is 35.5. The van der Waals surface area contributed by atoms with Crippen LogP contribution in [0.15, 0.2) is 18.3 Å². The average Bonchev–Trinajstić information content (AvgIpc) is 2.88. The lowest BCUT2D eigenvalue weighted by atomic mass is 10.0. The van der Waals surface area contributed by atoms with Crippen LogP contribution in [0.4, 0.5) is 0 Å². The summed E-state index contributed by atoms with van der Waals surface area (Å²) in [4.78, 5) is 3.93. The van der Waals surface area contributed by atoms with Gasteiger partial charge < -0.3 is 5.73 Å². The molecule has 1 aliphatic rings. The number of hydrogen-bond donors (Lipinski definition) is 1. The zero-order chi connectivity index (χ0) is 9.26. The highest BCUT2D eigenvalue weighted by molar-refractivity contribution is 6.29. The summed E-state index contributed by atoms with van der Waals surface area (Å²) in [6, 6.07) is 3.93. The molecule has 0 radical (unpaired) electrons. The van der Waals surface area contributed by atoms with E-state index in [9.17, 15) is 0 Å². The van der Waals surface area contributed by atoms with Crippen molar-refractivity contribution < 1.29 is 0 Å². The number of hydrogen-bond acceptors (Lipinski definition) is 2. The third-order valence-electron chi connectivity index (χ3n) is 2.46. The molecule has 13 heavy (non-hydrogen) atoms. The molecule has 0 bridgehead atoms. The van der Waals surface area contributed by atoms with Crippen molar-refractivity contribution in [2.45, 2.75) is 25.3 Å². The summed E-state index contributed by atoms with van der Waals surface area (Å²) in [6.07, 6.45) is 5.48. The van der Waals surface area contributed by atoms with Crippen LogP contribution in [0.3, 0.4) is 0 Å². The molecule has 1 atom stereocenters. The van der Waals surface area contributed by atoms with Gasteiger partial charge >= 0.3 is 0 Å². The van der Waals surface area contributed by atoms with Gasteiger partial charge in [0.05, 0.1) is 0 Å². The minimum absolute atomic E-state index is 0.132. The van der Waals surface area contributed by atoms with E-state index in [-0.39, 0.29) is 6.04 Å². The zero-order valence-corrected chi connectivity index (χ0v) is 8.17. The lowest BCUT2D eigenvalue weighted by Gasteiger charge is -2.10. The molecular formula is C10H13ClN2. The van der Waals surface area contributed by atoms with Gasteiger partial charge in [-0.1, -0.05) is 24.4 Å². The van der Waals surface area contributed by atoms with Crippen LogP contribution in [-0.2, 0) is 0 Å². The molecule has 0 saturated heterocycles. The van der Waals surface area contributed by atoms with E-state index < -0.39 is 0 Å². The van der Waals surface area contributed by atoms with Crippen molar-refractivity contribution in [3.8, 4) is 0 Å². The molecule has 0 spiro atoms. The fraction of sp³-hybridized carbons (Fsp3) is 0.500. The Morgan fingerprint density at radius 2 is 2.38 bits per heavy atom. The van der Waals surface area contributed by atoms with Crippen molar-refractivity contribution in [1.29, 1.82) is 0 Å². The number of rotatable bonds is 3. The van der Waals surface area contributed by atoms with Crippen molar-refractivity contribution in [2.24, 2.45) is 11.7 Å². The first-order valence-corrected chi connectivity index (χ1v) is 5.00. The first-order valence-electron chi connectivity index (χ1n) is 4.63. The maximum absolute atomic E-state index is 6.02. The third-order valence-corrected chi connectivity index (χ3v) is 2.67. The molecule has 0 amide bonds. The molecule has 1 fully saturated rings. The van der Waals surface area contributed by atoms with Crippen LogP contribution in [0.5, 0.6) is 0 Å². The summed E-state index contributed by atoms with van der Waals surface area (Å²) in [5, 5.41) is 0.531. The van der Waals surface area contributed by atoms with E-state index in [4.69, 9.17) is 17.3 Å². The van der Waals surface area contributed by atoms with E-state index in [0.717, 1.165) is 17.9 Å². The van der Waals surface area contributed by atoms with Gasteiger partial charge in [0.15, 0.2) is 0 Å². The molecule has 2 nitrogen and oxygen atoms in total. The number of pyridine rings is 1. The molecule has 3 heteroatoms. The van der Waals surface area contributed by atoms with Gasteiger partial charge in [-0.3, -0.25) is 0 Å². The Labute approximate surface area is 83.1 Å². The van der Waals surface area contributed by atoms with E-state index >= 15 is 0 Å². The Kier molecular flexibility index (Phi) is 2.51. The van der Waals surface area contributed by atoms with Crippen molar-refractivity contribution in [2.75, 3.05) is 0 Å². The fourth-order valence-corrected chi connectivity index (χ4v) is 1.68. The molecule has 0 unspecified atom stereocenters. The Bertz CT molecular complexity index is 297. The van der Waals surface area contributed by atoms with Crippen LogP contribution in [0, 0.1) is 5.92 Å². The van der Waals surface area contributed by atoms with Gasteiger partial charge in [-0.2, -0.15) is 0 Å². The Morgan fingerprint density at radius 1 is 1.62 bits per heavy atom. The van der Waals surface area contributed by atoms with E-state index in [1.807, 2.05) is 12.1 Å². The first kappa shape index (κ1) is 8.97. The van der Waals surface area contributed by atoms with E-state index in [0.29, 0.717) is 5.15 Å². The molecule has 1 aromatic heterocycles. The molecule has 70 valence electrons. The monoisotopic (exact) mass is 196 g/mol. The molecule has 0 aromatic carbocycles. The Balaban J connectivity index is 2.04. The van der Waals surface area contributed by atoms with Gasteiger partial charge in [0.2, 0.25) is 0 Å².